The molecule has 2 heterocycles. The summed E-state index contributed by atoms with van der Waals surface area (Å²) in [6.07, 6.45) is 6.87. The van der Waals surface area contributed by atoms with Crippen molar-refractivity contribution in [2.24, 2.45) is 0 Å². The maximum Gasteiger partial charge on any atom is 0.407 e. The Labute approximate surface area is 119 Å². The fourth-order valence-corrected chi connectivity index (χ4v) is 2.81. The fraction of sp³-hybridized carbons (Fsp3) is 0.438. The first-order valence-corrected chi connectivity index (χ1v) is 7.17. The topological polar surface area (TPSA) is 41.6 Å². The first kappa shape index (κ1) is 13.0. The zero-order valence-corrected chi connectivity index (χ0v) is 11.5. The van der Waals surface area contributed by atoms with Crippen molar-refractivity contribution >= 4 is 6.09 Å². The van der Waals surface area contributed by atoms with Crippen LogP contribution in [0.25, 0.3) is 0 Å². The number of hydrogen-bond donors (Lipinski definition) is 1. The van der Waals surface area contributed by atoms with E-state index in [0.717, 1.165) is 32.4 Å². The lowest BCUT2D eigenvalue weighted by molar-refractivity contribution is 0.0109. The number of alkyl carbamates (subject to hydrolysis) is 1. The van der Waals surface area contributed by atoms with Crippen LogP contribution in [0, 0.1) is 0 Å². The third kappa shape index (κ3) is 2.95. The molecule has 0 radical (unpaired) electrons. The normalized spacial score (nSPS) is 21.2. The summed E-state index contributed by atoms with van der Waals surface area (Å²) in [6, 6.07) is 10.4. The number of piperidine rings is 1. The number of carbonyl (C=O) groups excluding carboxylic acids is 1. The van der Waals surface area contributed by atoms with Gasteiger partial charge in [-0.15, -0.1) is 0 Å². The Morgan fingerprint density at radius 2 is 2.00 bits per heavy atom. The predicted octanol–water partition coefficient (Wildman–Crippen LogP) is 2.32. The van der Waals surface area contributed by atoms with Gasteiger partial charge in [-0.05, 0) is 18.2 Å². The summed E-state index contributed by atoms with van der Waals surface area (Å²) >= 11 is 0. The molecule has 1 amide bonds. The van der Waals surface area contributed by atoms with Crippen molar-refractivity contribution in [3.8, 4) is 0 Å². The molecular weight excluding hydrogens is 252 g/mol. The summed E-state index contributed by atoms with van der Waals surface area (Å²) in [5, 5.41) is 2.76. The standard InChI is InChI=1S/C16H20N2O2/c19-15-17-13-16(20-15)8-11-18(12-9-16)10-4-7-14-5-2-1-3-6-14/h1-6,10H,7-9,11-13H2,(H,17,19)/b10-4+. The molecule has 106 valence electrons. The average Bonchev–Trinajstić information content (AvgIpc) is 2.84. The molecule has 1 spiro atoms. The summed E-state index contributed by atoms with van der Waals surface area (Å²) < 4.78 is 5.41. The second-order valence-electron chi connectivity index (χ2n) is 5.54. The Kier molecular flexibility index (Phi) is 3.63. The van der Waals surface area contributed by atoms with Gasteiger partial charge in [-0.25, -0.2) is 4.79 Å². The maximum atomic E-state index is 11.2. The van der Waals surface area contributed by atoms with Gasteiger partial charge in [0.05, 0.1) is 6.54 Å². The van der Waals surface area contributed by atoms with Crippen LogP contribution < -0.4 is 5.32 Å². The van der Waals surface area contributed by atoms with E-state index in [1.165, 1.54) is 5.56 Å². The minimum atomic E-state index is -0.266. The Bertz CT molecular complexity index is 490. The lowest BCUT2D eigenvalue weighted by Gasteiger charge is -2.36. The SMILES string of the molecule is O=C1NCC2(CCN(/C=C/Cc3ccccc3)CC2)O1. The fourth-order valence-electron chi connectivity index (χ4n) is 2.81. The van der Waals surface area contributed by atoms with Crippen LogP contribution in [0.1, 0.15) is 18.4 Å². The lowest BCUT2D eigenvalue weighted by Crippen LogP contribution is -2.44. The summed E-state index contributed by atoms with van der Waals surface area (Å²) in [5.74, 6) is 0. The van der Waals surface area contributed by atoms with E-state index in [2.05, 4.69) is 46.8 Å². The van der Waals surface area contributed by atoms with Gasteiger partial charge >= 0.3 is 6.09 Å². The van der Waals surface area contributed by atoms with Gasteiger partial charge in [0.2, 0.25) is 0 Å². The van der Waals surface area contributed by atoms with Crippen LogP contribution in [0.4, 0.5) is 4.79 Å². The van der Waals surface area contributed by atoms with Gasteiger partial charge in [-0.1, -0.05) is 36.4 Å². The van der Waals surface area contributed by atoms with Crippen LogP contribution in [0.5, 0.6) is 0 Å². The van der Waals surface area contributed by atoms with Crippen molar-refractivity contribution in [3.05, 3.63) is 48.2 Å². The Hall–Kier alpha value is -1.97. The van der Waals surface area contributed by atoms with E-state index in [0.29, 0.717) is 6.54 Å². The van der Waals surface area contributed by atoms with Gasteiger partial charge in [0.1, 0.15) is 5.60 Å². The molecule has 20 heavy (non-hydrogen) atoms. The van der Waals surface area contributed by atoms with Crippen LogP contribution in [-0.2, 0) is 11.2 Å². The molecule has 1 aromatic rings. The van der Waals surface area contributed by atoms with E-state index in [1.807, 2.05) is 6.07 Å². The van der Waals surface area contributed by atoms with Crippen molar-refractivity contribution in [2.45, 2.75) is 24.9 Å². The number of amides is 1. The first-order valence-electron chi connectivity index (χ1n) is 7.17. The third-order valence-electron chi connectivity index (χ3n) is 4.09. The molecule has 1 N–H and O–H groups in total. The summed E-state index contributed by atoms with van der Waals surface area (Å²) in [6.45, 7) is 2.55. The molecule has 4 heteroatoms. The largest absolute Gasteiger partial charge is 0.441 e. The van der Waals surface area contributed by atoms with E-state index in [9.17, 15) is 4.79 Å². The van der Waals surface area contributed by atoms with Crippen LogP contribution >= 0.6 is 0 Å². The highest BCUT2D eigenvalue weighted by Gasteiger charge is 2.42. The second-order valence-corrected chi connectivity index (χ2v) is 5.54. The molecule has 0 unspecified atom stereocenters. The predicted molar refractivity (Wildman–Crippen MR) is 77.3 cm³/mol. The van der Waals surface area contributed by atoms with Crippen LogP contribution in [0.2, 0.25) is 0 Å². The zero-order valence-electron chi connectivity index (χ0n) is 11.5. The van der Waals surface area contributed by atoms with Crippen molar-refractivity contribution < 1.29 is 9.53 Å². The lowest BCUT2D eigenvalue weighted by atomic mass is 9.92. The van der Waals surface area contributed by atoms with Crippen molar-refractivity contribution in [1.29, 1.82) is 0 Å². The maximum absolute atomic E-state index is 11.2. The number of allylic oxidation sites excluding steroid dienone is 1. The minimum absolute atomic E-state index is 0.249. The first-order chi connectivity index (χ1) is 9.76. The molecule has 4 nitrogen and oxygen atoms in total. The molecule has 2 aliphatic rings. The van der Waals surface area contributed by atoms with Gasteiger partial charge in [0.25, 0.3) is 0 Å². The number of hydrogen-bond acceptors (Lipinski definition) is 3. The van der Waals surface area contributed by atoms with Gasteiger partial charge in [-0.3, -0.25) is 0 Å². The highest BCUT2D eigenvalue weighted by atomic mass is 16.6. The highest BCUT2D eigenvalue weighted by Crippen LogP contribution is 2.29. The number of nitrogens with zero attached hydrogens (tertiary/aromatic N) is 1. The molecule has 0 bridgehead atoms. The third-order valence-corrected chi connectivity index (χ3v) is 4.09. The minimum Gasteiger partial charge on any atom is -0.441 e. The summed E-state index contributed by atoms with van der Waals surface area (Å²) in [5.41, 5.74) is 1.08. The molecule has 3 rings (SSSR count). The Morgan fingerprint density at radius 1 is 1.25 bits per heavy atom. The van der Waals surface area contributed by atoms with Gasteiger partial charge < -0.3 is 15.0 Å². The second kappa shape index (κ2) is 5.57. The summed E-state index contributed by atoms with van der Waals surface area (Å²) in [4.78, 5) is 13.5. The molecule has 1 aromatic carbocycles. The van der Waals surface area contributed by atoms with E-state index in [1.54, 1.807) is 0 Å². The zero-order chi connectivity index (χ0) is 13.8. The number of rotatable bonds is 3. The molecule has 0 aliphatic carbocycles. The highest BCUT2D eigenvalue weighted by molar-refractivity contribution is 5.70. The molecule has 0 saturated carbocycles. The number of likely N-dealkylation sites (tertiary alicyclic amines) is 1. The Balaban J connectivity index is 1.48. The molecule has 2 aliphatic heterocycles. The molecular formula is C16H20N2O2. The van der Waals surface area contributed by atoms with Crippen molar-refractivity contribution in [3.63, 3.8) is 0 Å². The average molecular weight is 272 g/mol. The molecule has 2 fully saturated rings. The van der Waals surface area contributed by atoms with E-state index in [4.69, 9.17) is 4.74 Å². The molecule has 2 saturated heterocycles. The van der Waals surface area contributed by atoms with E-state index >= 15 is 0 Å². The van der Waals surface area contributed by atoms with Gasteiger partial charge in [-0.2, -0.15) is 0 Å². The number of nitrogens with one attached hydrogen (secondary N) is 1. The quantitative estimate of drug-likeness (QED) is 0.918. The van der Waals surface area contributed by atoms with Crippen LogP contribution in [0.15, 0.2) is 42.6 Å². The smallest absolute Gasteiger partial charge is 0.407 e. The van der Waals surface area contributed by atoms with Crippen LogP contribution in [0.3, 0.4) is 0 Å². The monoisotopic (exact) mass is 272 g/mol. The van der Waals surface area contributed by atoms with Crippen LogP contribution in [-0.4, -0.2) is 36.2 Å². The molecule has 0 aromatic heterocycles. The van der Waals surface area contributed by atoms with Crippen molar-refractivity contribution in [2.75, 3.05) is 19.6 Å². The van der Waals surface area contributed by atoms with Gasteiger partial charge in [0.15, 0.2) is 0 Å². The Morgan fingerprint density at radius 3 is 2.65 bits per heavy atom. The van der Waals surface area contributed by atoms with Crippen molar-refractivity contribution in [1.82, 2.24) is 10.2 Å². The van der Waals surface area contributed by atoms with Gasteiger partial charge in [0, 0.05) is 25.9 Å². The van der Waals surface area contributed by atoms with E-state index in [-0.39, 0.29) is 11.7 Å². The number of ether oxygens (including phenoxy) is 1. The number of carbonyl (C=O) groups is 1. The summed E-state index contributed by atoms with van der Waals surface area (Å²) in [7, 11) is 0. The number of benzene rings is 1. The molecule has 0 atom stereocenters. The van der Waals surface area contributed by atoms with E-state index < -0.39 is 0 Å².